The smallest absolute Gasteiger partial charge is 0.107 e. The fourth-order valence-electron chi connectivity index (χ4n) is 6.56. The normalized spacial score (nSPS) is 23.1. The summed E-state index contributed by atoms with van der Waals surface area (Å²) in [5.41, 5.74) is 5.29. The van der Waals surface area contributed by atoms with Crippen LogP contribution in [0.5, 0.6) is 0 Å². The van der Waals surface area contributed by atoms with Crippen LogP contribution in [0.2, 0.25) is 5.02 Å². The van der Waals surface area contributed by atoms with Crippen LogP contribution in [0.3, 0.4) is 0 Å². The molecule has 0 radical (unpaired) electrons. The highest BCUT2D eigenvalue weighted by Gasteiger charge is 2.51. The number of aryl methyl sites for hydroxylation is 1. The maximum absolute atomic E-state index is 12.4. The average Bonchev–Trinajstić information content (AvgIpc) is 3.16. The van der Waals surface area contributed by atoms with E-state index >= 15 is 0 Å². The first-order chi connectivity index (χ1) is 24.8. The Morgan fingerprint density at radius 2 is 1.14 bits per heavy atom. The van der Waals surface area contributed by atoms with E-state index < -0.39 is 42.6 Å². The fraction of sp³-hybridized carbons (Fsp3) is 0.302. The van der Waals surface area contributed by atoms with E-state index in [1.165, 1.54) is 0 Å². The lowest BCUT2D eigenvalue weighted by molar-refractivity contribution is -0.210. The number of hydrogen-bond acceptors (Lipinski definition) is 5. The Morgan fingerprint density at radius 3 is 1.71 bits per heavy atom. The van der Waals surface area contributed by atoms with E-state index in [2.05, 4.69) is 6.92 Å². The van der Waals surface area contributed by atoms with Crippen LogP contribution in [-0.2, 0) is 46.8 Å². The maximum atomic E-state index is 12.4. The molecule has 5 nitrogen and oxygen atoms in total. The standard InChI is InChI=1S/C43H45ClO5/c1-2-30-18-20-31(21-19-30)24-36-25-35(22-23-38(36)44)39-40(45)37(29-47-26-32-12-6-3-7-13-32)42(48-27-33-14-8-4-9-15-33)41(46)43(39)49-28-34-16-10-5-11-17-34/h3-23,25,37,39-43,45-46H,2,24,26-29H2,1H3/t37-,39+,40-,41-,42+,43-/m0/s1/i24D2. The minimum Gasteiger partial charge on any atom is -0.392 e. The molecule has 5 aromatic rings. The summed E-state index contributed by atoms with van der Waals surface area (Å²) < 4.78 is 37.6. The van der Waals surface area contributed by atoms with Gasteiger partial charge in [0.15, 0.2) is 0 Å². The van der Waals surface area contributed by atoms with Gasteiger partial charge in [-0.15, -0.1) is 0 Å². The van der Waals surface area contributed by atoms with Gasteiger partial charge in [-0.2, -0.15) is 0 Å². The molecule has 1 aliphatic carbocycles. The van der Waals surface area contributed by atoms with Gasteiger partial charge >= 0.3 is 0 Å². The second kappa shape index (κ2) is 17.2. The Morgan fingerprint density at radius 1 is 0.612 bits per heavy atom. The van der Waals surface area contributed by atoms with Crippen molar-refractivity contribution in [3.63, 3.8) is 0 Å². The predicted octanol–water partition coefficient (Wildman–Crippen LogP) is 8.32. The first-order valence-electron chi connectivity index (χ1n) is 17.9. The molecule has 0 aliphatic heterocycles. The van der Waals surface area contributed by atoms with Crippen molar-refractivity contribution in [3.8, 4) is 0 Å². The molecule has 6 rings (SSSR count). The highest BCUT2D eigenvalue weighted by Crippen LogP contribution is 2.42. The van der Waals surface area contributed by atoms with Gasteiger partial charge in [0.25, 0.3) is 0 Å². The van der Waals surface area contributed by atoms with Crippen LogP contribution in [0, 0.1) is 5.92 Å². The van der Waals surface area contributed by atoms with Crippen molar-refractivity contribution in [3.05, 3.63) is 177 Å². The van der Waals surface area contributed by atoms with E-state index in [9.17, 15) is 13.0 Å². The molecule has 1 saturated carbocycles. The lowest BCUT2D eigenvalue weighted by atomic mass is 9.70. The van der Waals surface area contributed by atoms with Crippen LogP contribution < -0.4 is 0 Å². The summed E-state index contributed by atoms with van der Waals surface area (Å²) in [6, 6.07) is 41.8. The number of halogens is 1. The Kier molecular flexibility index (Phi) is 11.4. The molecule has 0 aromatic heterocycles. The van der Waals surface area contributed by atoms with Crippen molar-refractivity contribution < 1.29 is 27.2 Å². The third-order valence-corrected chi connectivity index (χ3v) is 9.59. The molecule has 49 heavy (non-hydrogen) atoms. The second-order valence-corrected chi connectivity index (χ2v) is 13.0. The molecule has 254 valence electrons. The summed E-state index contributed by atoms with van der Waals surface area (Å²) in [6.45, 7) is 2.91. The quantitative estimate of drug-likeness (QED) is 0.124. The van der Waals surface area contributed by atoms with Gasteiger partial charge in [-0.1, -0.05) is 146 Å². The minimum absolute atomic E-state index is 0.111. The van der Waals surface area contributed by atoms with Gasteiger partial charge < -0.3 is 24.4 Å². The number of aliphatic hydroxyl groups excluding tert-OH is 2. The molecule has 6 atom stereocenters. The number of hydrogen-bond donors (Lipinski definition) is 2. The highest BCUT2D eigenvalue weighted by molar-refractivity contribution is 6.31. The lowest BCUT2D eigenvalue weighted by Crippen LogP contribution is -2.59. The van der Waals surface area contributed by atoms with Crippen molar-refractivity contribution in [2.45, 2.75) is 69.9 Å². The molecule has 0 saturated heterocycles. The molecule has 1 fully saturated rings. The van der Waals surface area contributed by atoms with Gasteiger partial charge in [0.05, 0.1) is 44.7 Å². The second-order valence-electron chi connectivity index (χ2n) is 12.6. The molecule has 5 aromatic carbocycles. The Balaban J connectivity index is 1.37. The topological polar surface area (TPSA) is 68.2 Å². The Bertz CT molecular complexity index is 1810. The van der Waals surface area contributed by atoms with Crippen molar-refractivity contribution in [1.29, 1.82) is 0 Å². The average molecular weight is 679 g/mol. The molecule has 0 unspecified atom stereocenters. The predicted molar refractivity (Wildman–Crippen MR) is 194 cm³/mol. The monoisotopic (exact) mass is 678 g/mol. The summed E-state index contributed by atoms with van der Waals surface area (Å²) in [7, 11) is 0. The summed E-state index contributed by atoms with van der Waals surface area (Å²) in [4.78, 5) is 0. The number of rotatable bonds is 14. The summed E-state index contributed by atoms with van der Waals surface area (Å²) >= 11 is 6.73. The molecule has 6 heteroatoms. The van der Waals surface area contributed by atoms with Crippen LogP contribution in [0.15, 0.2) is 133 Å². The van der Waals surface area contributed by atoms with E-state index in [0.29, 0.717) is 17.7 Å². The minimum atomic E-state index is -1.93. The Hall–Kier alpha value is -3.81. The zero-order chi connectivity index (χ0) is 35.8. The molecule has 0 bridgehead atoms. The van der Waals surface area contributed by atoms with Gasteiger partial charge in [0.2, 0.25) is 0 Å². The van der Waals surface area contributed by atoms with Crippen molar-refractivity contribution in [1.82, 2.24) is 0 Å². The first kappa shape index (κ1) is 32.4. The zero-order valence-electron chi connectivity index (χ0n) is 29.7. The van der Waals surface area contributed by atoms with Crippen molar-refractivity contribution in [2.75, 3.05) is 6.61 Å². The Labute approximate surface area is 297 Å². The lowest BCUT2D eigenvalue weighted by Gasteiger charge is -2.47. The van der Waals surface area contributed by atoms with E-state index in [0.717, 1.165) is 28.7 Å². The molecular formula is C43H45ClO5. The van der Waals surface area contributed by atoms with Gasteiger partial charge in [-0.05, 0) is 57.8 Å². The van der Waals surface area contributed by atoms with Gasteiger partial charge in [0, 0.05) is 19.6 Å². The van der Waals surface area contributed by atoms with Crippen LogP contribution in [0.25, 0.3) is 0 Å². The van der Waals surface area contributed by atoms with Crippen LogP contribution in [-0.4, -0.2) is 41.2 Å². The zero-order valence-corrected chi connectivity index (χ0v) is 28.5. The molecule has 2 N–H and O–H groups in total. The van der Waals surface area contributed by atoms with Crippen molar-refractivity contribution >= 4 is 11.6 Å². The summed E-state index contributed by atoms with van der Waals surface area (Å²) in [6.07, 6.45) is -5.07. The van der Waals surface area contributed by atoms with Gasteiger partial charge in [-0.3, -0.25) is 0 Å². The van der Waals surface area contributed by atoms with E-state index in [1.807, 2.05) is 103 Å². The summed E-state index contributed by atoms with van der Waals surface area (Å²) in [5.74, 6) is -1.41. The third-order valence-electron chi connectivity index (χ3n) is 9.26. The molecular weight excluding hydrogens is 632 g/mol. The van der Waals surface area contributed by atoms with Crippen molar-refractivity contribution in [2.24, 2.45) is 5.92 Å². The number of aliphatic hydroxyl groups is 2. The van der Waals surface area contributed by atoms with Crippen LogP contribution in [0.4, 0.5) is 0 Å². The first-order valence-corrected chi connectivity index (χ1v) is 17.3. The van der Waals surface area contributed by atoms with E-state index in [-0.39, 0.29) is 30.4 Å². The summed E-state index contributed by atoms with van der Waals surface area (Å²) in [5, 5.41) is 24.9. The van der Waals surface area contributed by atoms with E-state index in [4.69, 9.17) is 25.8 Å². The van der Waals surface area contributed by atoms with Crippen LogP contribution in [0.1, 0.15) is 54.5 Å². The van der Waals surface area contributed by atoms with E-state index in [1.54, 1.807) is 30.3 Å². The molecule has 0 amide bonds. The highest BCUT2D eigenvalue weighted by atomic mass is 35.5. The molecule has 1 aliphatic rings. The third kappa shape index (κ3) is 9.06. The molecule has 0 heterocycles. The maximum Gasteiger partial charge on any atom is 0.107 e. The fourth-order valence-corrected chi connectivity index (χ4v) is 6.72. The SMILES string of the molecule is [2H]C([2H])(c1ccc(CC)cc1)c1cc([C@@H]2[C@@H](O)[C@H](COCc3ccccc3)[C@@H](OCc3ccccc3)[C@H](O)[C@H]2OCc2ccccc2)ccc1Cl. The number of benzene rings is 5. The largest absolute Gasteiger partial charge is 0.392 e. The molecule has 0 spiro atoms. The van der Waals surface area contributed by atoms with Gasteiger partial charge in [0.1, 0.15) is 6.10 Å². The van der Waals surface area contributed by atoms with Crippen LogP contribution >= 0.6 is 11.6 Å². The van der Waals surface area contributed by atoms with Gasteiger partial charge in [-0.25, -0.2) is 0 Å². The number of ether oxygens (including phenoxy) is 3.